The van der Waals surface area contributed by atoms with Gasteiger partial charge in [0.25, 0.3) is 5.91 Å². The van der Waals surface area contributed by atoms with Crippen molar-refractivity contribution in [2.75, 3.05) is 24.2 Å². The molecule has 0 bridgehead atoms. The smallest absolute Gasteiger partial charge is 0.437 e. The summed E-state index contributed by atoms with van der Waals surface area (Å²) >= 11 is 2.02. The summed E-state index contributed by atoms with van der Waals surface area (Å²) in [4.78, 5) is 17.4. The van der Waals surface area contributed by atoms with Gasteiger partial charge in [0.2, 0.25) is 15.7 Å². The number of nitrogens with one attached hydrogen (secondary N) is 1. The number of pyridine rings is 1. The Morgan fingerprint density at radius 3 is 2.33 bits per heavy atom. The zero-order valence-corrected chi connectivity index (χ0v) is 27.9. The van der Waals surface area contributed by atoms with E-state index in [1.54, 1.807) is 6.07 Å². The standard InChI is InChI=1S/C29H36BFIN3O6S/c1-18(30-40-28(2,3)29(4,5)41-30)11-9-8-10-16-35(42(7,37)38)25-22(32)17-21-23(26(36)33-6)24(39-27(21)34-25)19-12-14-20(31)15-13-19/h11-15,17H,8-10,16H2,1-7H3,(H,33,36). The number of unbranched alkanes of at least 4 members (excludes halogenated alkanes) is 2. The average molecular weight is 711 g/mol. The third-order valence-electron chi connectivity index (χ3n) is 7.72. The number of benzene rings is 1. The second-order valence-corrected chi connectivity index (χ2v) is 14.5. The molecule has 1 amide bonds. The van der Waals surface area contributed by atoms with Gasteiger partial charge in [0.15, 0.2) is 5.82 Å². The van der Waals surface area contributed by atoms with Gasteiger partial charge in [0.1, 0.15) is 11.6 Å². The Hall–Kier alpha value is -2.49. The summed E-state index contributed by atoms with van der Waals surface area (Å²) in [6, 6.07) is 7.26. The number of sulfonamides is 1. The quantitative estimate of drug-likeness (QED) is 0.154. The number of halogens is 2. The Balaban J connectivity index is 1.55. The first-order valence-corrected chi connectivity index (χ1v) is 16.6. The minimum Gasteiger partial charge on any atom is -0.437 e. The molecule has 0 unspecified atom stereocenters. The van der Waals surface area contributed by atoms with Crippen molar-refractivity contribution in [1.29, 1.82) is 0 Å². The molecule has 42 heavy (non-hydrogen) atoms. The first kappa shape index (κ1) is 32.4. The van der Waals surface area contributed by atoms with E-state index >= 15 is 0 Å². The van der Waals surface area contributed by atoms with E-state index < -0.39 is 40.1 Å². The van der Waals surface area contributed by atoms with E-state index in [2.05, 4.69) is 16.4 Å². The van der Waals surface area contributed by atoms with Crippen molar-refractivity contribution in [2.45, 2.75) is 65.1 Å². The Morgan fingerprint density at radius 1 is 1.14 bits per heavy atom. The van der Waals surface area contributed by atoms with Crippen molar-refractivity contribution < 1.29 is 31.3 Å². The highest BCUT2D eigenvalue weighted by molar-refractivity contribution is 14.1. The first-order chi connectivity index (χ1) is 19.6. The molecule has 1 N–H and O–H groups in total. The number of carbonyl (C=O) groups excluding carboxylic acids is 1. The van der Waals surface area contributed by atoms with Crippen LogP contribution < -0.4 is 9.62 Å². The lowest BCUT2D eigenvalue weighted by Crippen LogP contribution is -2.41. The molecule has 3 aromatic rings. The number of carbonyl (C=O) groups is 1. The maximum absolute atomic E-state index is 13.6. The van der Waals surface area contributed by atoms with Gasteiger partial charge in [-0.3, -0.25) is 9.10 Å². The van der Waals surface area contributed by atoms with Crippen LogP contribution in [0.3, 0.4) is 0 Å². The SMILES string of the molecule is CNC(=O)c1c(-c2ccc(F)cc2)oc2nc(N(CCCCC=C(C)B3OC(C)(C)C(C)(C)O3)S(C)(=O)=O)c(I)cc12. The van der Waals surface area contributed by atoms with Gasteiger partial charge in [-0.05, 0) is 112 Å². The zero-order valence-electron chi connectivity index (χ0n) is 24.9. The highest BCUT2D eigenvalue weighted by atomic mass is 127. The largest absolute Gasteiger partial charge is 0.489 e. The highest BCUT2D eigenvalue weighted by Crippen LogP contribution is 2.39. The van der Waals surface area contributed by atoms with E-state index in [-0.39, 0.29) is 29.4 Å². The number of allylic oxidation sites excluding steroid dienone is 2. The summed E-state index contributed by atoms with van der Waals surface area (Å²) in [5.41, 5.74) is 1.00. The number of rotatable bonds is 10. The van der Waals surface area contributed by atoms with E-state index in [4.69, 9.17) is 13.7 Å². The topological polar surface area (TPSA) is 111 Å². The van der Waals surface area contributed by atoms with Crippen LogP contribution in [-0.2, 0) is 19.3 Å². The van der Waals surface area contributed by atoms with Gasteiger partial charge in [-0.1, -0.05) is 6.08 Å². The van der Waals surface area contributed by atoms with E-state index in [0.29, 0.717) is 20.9 Å². The molecule has 1 aliphatic heterocycles. The van der Waals surface area contributed by atoms with Gasteiger partial charge < -0.3 is 19.0 Å². The summed E-state index contributed by atoms with van der Waals surface area (Å²) in [5, 5.41) is 3.03. The van der Waals surface area contributed by atoms with Crippen LogP contribution in [0.5, 0.6) is 0 Å². The molecule has 1 fully saturated rings. The second-order valence-electron chi connectivity index (χ2n) is 11.4. The van der Waals surface area contributed by atoms with Crippen molar-refractivity contribution in [1.82, 2.24) is 10.3 Å². The Morgan fingerprint density at radius 2 is 1.76 bits per heavy atom. The van der Waals surface area contributed by atoms with Gasteiger partial charge >= 0.3 is 7.12 Å². The minimum atomic E-state index is -3.68. The van der Waals surface area contributed by atoms with Crippen LogP contribution in [0.1, 0.15) is 64.2 Å². The summed E-state index contributed by atoms with van der Waals surface area (Å²) in [5.74, 6) is -0.381. The number of hydrogen-bond donors (Lipinski definition) is 1. The van der Waals surface area contributed by atoms with Gasteiger partial charge in [-0.2, -0.15) is 4.98 Å². The fourth-order valence-electron chi connectivity index (χ4n) is 4.60. The van der Waals surface area contributed by atoms with E-state index in [9.17, 15) is 17.6 Å². The molecule has 0 spiro atoms. The predicted molar refractivity (Wildman–Crippen MR) is 171 cm³/mol. The lowest BCUT2D eigenvalue weighted by atomic mass is 9.79. The summed E-state index contributed by atoms with van der Waals surface area (Å²) in [6.07, 6.45) is 5.25. The summed E-state index contributed by atoms with van der Waals surface area (Å²) < 4.78 is 59.3. The van der Waals surface area contributed by atoms with Crippen molar-refractivity contribution in [3.8, 4) is 11.3 Å². The molecular formula is C29H36BFIN3O6S. The first-order valence-electron chi connectivity index (χ1n) is 13.7. The Labute approximate surface area is 260 Å². The number of amides is 1. The number of anilines is 1. The fourth-order valence-corrected chi connectivity index (χ4v) is 6.40. The average Bonchev–Trinajstić information content (AvgIpc) is 3.37. The molecule has 2 aromatic heterocycles. The molecule has 13 heteroatoms. The molecule has 0 saturated carbocycles. The molecule has 9 nitrogen and oxygen atoms in total. The van der Waals surface area contributed by atoms with Gasteiger partial charge in [-0.15, -0.1) is 0 Å². The maximum atomic E-state index is 13.6. The van der Waals surface area contributed by atoms with E-state index in [1.165, 1.54) is 35.6 Å². The van der Waals surface area contributed by atoms with Gasteiger partial charge in [0.05, 0.1) is 32.0 Å². The maximum Gasteiger partial charge on any atom is 0.489 e. The number of fused-ring (bicyclic) bond motifs is 1. The Bertz CT molecular complexity index is 1610. The third kappa shape index (κ3) is 6.68. The molecule has 1 saturated heterocycles. The molecule has 226 valence electrons. The van der Waals surface area contributed by atoms with Gasteiger partial charge in [0, 0.05) is 19.2 Å². The number of aromatic nitrogens is 1. The monoisotopic (exact) mass is 711 g/mol. The van der Waals surface area contributed by atoms with Crippen LogP contribution in [0.2, 0.25) is 0 Å². The minimum absolute atomic E-state index is 0.109. The molecule has 1 aliphatic rings. The third-order valence-corrected chi connectivity index (χ3v) is 9.67. The van der Waals surface area contributed by atoms with Crippen molar-refractivity contribution in [3.05, 3.63) is 56.8 Å². The summed E-state index contributed by atoms with van der Waals surface area (Å²) in [7, 11) is -2.59. The molecule has 0 radical (unpaired) electrons. The van der Waals surface area contributed by atoms with Crippen LogP contribution in [0.4, 0.5) is 10.2 Å². The number of furan rings is 1. The molecule has 0 aliphatic carbocycles. The highest BCUT2D eigenvalue weighted by Gasteiger charge is 2.51. The lowest BCUT2D eigenvalue weighted by Gasteiger charge is -2.32. The van der Waals surface area contributed by atoms with Gasteiger partial charge in [-0.25, -0.2) is 12.8 Å². The zero-order chi connectivity index (χ0) is 31.0. The predicted octanol–water partition coefficient (Wildman–Crippen LogP) is 6.11. The van der Waals surface area contributed by atoms with Crippen molar-refractivity contribution >= 4 is 62.6 Å². The van der Waals surface area contributed by atoms with Crippen molar-refractivity contribution in [2.24, 2.45) is 0 Å². The molecular weight excluding hydrogens is 675 g/mol. The van der Waals surface area contributed by atoms with Crippen LogP contribution in [0.15, 0.2) is 46.3 Å². The lowest BCUT2D eigenvalue weighted by molar-refractivity contribution is 0.00578. The number of hydrogen-bond acceptors (Lipinski definition) is 7. The Kier molecular flexibility index (Phi) is 9.46. The molecule has 3 heterocycles. The van der Waals surface area contributed by atoms with Crippen LogP contribution in [-0.4, -0.2) is 57.5 Å². The molecule has 4 rings (SSSR count). The number of nitrogens with zero attached hydrogens (tertiary/aromatic N) is 2. The van der Waals surface area contributed by atoms with Crippen molar-refractivity contribution in [3.63, 3.8) is 0 Å². The fraction of sp³-hybridized carbons (Fsp3) is 0.448. The van der Waals surface area contributed by atoms with Crippen LogP contribution in [0, 0.1) is 9.39 Å². The second kappa shape index (κ2) is 12.3. The van der Waals surface area contributed by atoms with E-state index in [0.717, 1.165) is 24.6 Å². The van der Waals surface area contributed by atoms with Crippen LogP contribution in [0.25, 0.3) is 22.4 Å². The van der Waals surface area contributed by atoms with Crippen LogP contribution >= 0.6 is 22.6 Å². The van der Waals surface area contributed by atoms with E-state index in [1.807, 2.05) is 57.2 Å². The normalized spacial score (nSPS) is 16.7. The molecule has 1 aromatic carbocycles. The summed E-state index contributed by atoms with van der Waals surface area (Å²) in [6.45, 7) is 10.2. The molecule has 0 atom stereocenters.